The van der Waals surface area contributed by atoms with E-state index >= 15 is 0 Å². The van der Waals surface area contributed by atoms with Crippen LogP contribution in [-0.4, -0.2) is 5.91 Å². The summed E-state index contributed by atoms with van der Waals surface area (Å²) < 4.78 is 0. The predicted octanol–water partition coefficient (Wildman–Crippen LogP) is 1.60. The van der Waals surface area contributed by atoms with Gasteiger partial charge in [-0.05, 0) is 0 Å². The van der Waals surface area contributed by atoms with Crippen molar-refractivity contribution < 1.29 is 4.79 Å². The van der Waals surface area contributed by atoms with Crippen LogP contribution in [0.5, 0.6) is 0 Å². The smallest absolute Gasteiger partial charge is 0.214 e. The van der Waals surface area contributed by atoms with E-state index in [2.05, 4.69) is 5.73 Å². The van der Waals surface area contributed by atoms with Gasteiger partial charge in [-0.3, -0.25) is 4.79 Å². The van der Waals surface area contributed by atoms with Crippen LogP contribution in [0, 0.1) is 0 Å². The standard InChI is InChI=1S/C6H6.C2H5NO.ClH/c1-2-4-6-5-3-1;1-2(3)4;/h1-6H;1H3,(H2,3,4);1H. The predicted molar refractivity (Wildman–Crippen MR) is 48.6 cm³/mol. The van der Waals surface area contributed by atoms with Crippen molar-refractivity contribution in [3.63, 3.8) is 0 Å². The maximum Gasteiger partial charge on any atom is 0.214 e. The Morgan fingerprint density at radius 3 is 1.18 bits per heavy atom. The van der Waals surface area contributed by atoms with Crippen LogP contribution >= 0.6 is 12.4 Å². The van der Waals surface area contributed by atoms with Gasteiger partial charge in [-0.25, -0.2) is 0 Å². The molecule has 0 spiro atoms. The van der Waals surface area contributed by atoms with Gasteiger partial charge in [0.1, 0.15) is 0 Å². The van der Waals surface area contributed by atoms with E-state index in [9.17, 15) is 4.79 Å². The Balaban J connectivity index is 0. The molecule has 0 bridgehead atoms. The van der Waals surface area contributed by atoms with Gasteiger partial charge in [-0.2, -0.15) is 0 Å². The van der Waals surface area contributed by atoms with E-state index in [-0.39, 0.29) is 18.3 Å². The van der Waals surface area contributed by atoms with Gasteiger partial charge in [-0.1, -0.05) is 36.4 Å². The Labute approximate surface area is 72.8 Å². The number of hydrogen-bond acceptors (Lipinski definition) is 1. The zero-order valence-electron chi connectivity index (χ0n) is 6.36. The maximum atomic E-state index is 9.22. The van der Waals surface area contributed by atoms with Crippen molar-refractivity contribution in [1.29, 1.82) is 0 Å². The third-order valence-electron chi connectivity index (χ3n) is 0.667. The summed E-state index contributed by atoms with van der Waals surface area (Å²) in [5.41, 5.74) is 4.47. The van der Waals surface area contributed by atoms with Crippen molar-refractivity contribution in [2.24, 2.45) is 5.73 Å². The molecule has 1 aromatic rings. The highest BCUT2D eigenvalue weighted by atomic mass is 35.5. The van der Waals surface area contributed by atoms with Gasteiger partial charge in [0.15, 0.2) is 0 Å². The number of rotatable bonds is 0. The summed E-state index contributed by atoms with van der Waals surface area (Å²) in [7, 11) is 0. The Hall–Kier alpha value is -1.02. The summed E-state index contributed by atoms with van der Waals surface area (Å²) in [5.74, 6) is -0.333. The number of halogens is 1. The van der Waals surface area contributed by atoms with Crippen molar-refractivity contribution in [1.82, 2.24) is 0 Å². The Morgan fingerprint density at radius 2 is 1.09 bits per heavy atom. The Kier molecular flexibility index (Phi) is 10.3. The fourth-order valence-electron chi connectivity index (χ4n) is 0.385. The van der Waals surface area contributed by atoms with Crippen LogP contribution in [0.4, 0.5) is 0 Å². The largest absolute Gasteiger partial charge is 0.370 e. The monoisotopic (exact) mass is 173 g/mol. The molecule has 0 fully saturated rings. The van der Waals surface area contributed by atoms with E-state index in [0.717, 1.165) is 0 Å². The lowest BCUT2D eigenvalue weighted by molar-refractivity contribution is -0.115. The number of nitrogens with two attached hydrogens (primary N) is 1. The molecule has 0 radical (unpaired) electrons. The molecule has 0 aliphatic rings. The van der Waals surface area contributed by atoms with Gasteiger partial charge in [0.05, 0.1) is 0 Å². The average molecular weight is 174 g/mol. The molecule has 2 nitrogen and oxygen atoms in total. The summed E-state index contributed by atoms with van der Waals surface area (Å²) in [6, 6.07) is 12.0. The Morgan fingerprint density at radius 1 is 1.00 bits per heavy atom. The first-order chi connectivity index (χ1) is 4.73. The van der Waals surface area contributed by atoms with Crippen LogP contribution in [0.15, 0.2) is 36.4 Å². The zero-order chi connectivity index (χ0) is 7.82. The maximum absolute atomic E-state index is 9.22. The molecule has 1 aromatic carbocycles. The normalized spacial score (nSPS) is 6.64. The minimum absolute atomic E-state index is 0. The molecule has 1 rings (SSSR count). The van der Waals surface area contributed by atoms with Crippen LogP contribution < -0.4 is 5.73 Å². The zero-order valence-corrected chi connectivity index (χ0v) is 7.17. The third kappa shape index (κ3) is 17.6. The van der Waals surface area contributed by atoms with E-state index in [1.54, 1.807) is 0 Å². The number of benzene rings is 1. The fraction of sp³-hybridized carbons (Fsp3) is 0.125. The molecule has 0 unspecified atom stereocenters. The third-order valence-corrected chi connectivity index (χ3v) is 0.667. The molecule has 0 aliphatic heterocycles. The lowest BCUT2D eigenvalue weighted by atomic mass is 10.4. The number of primary amides is 1. The van der Waals surface area contributed by atoms with Crippen LogP contribution in [0.3, 0.4) is 0 Å². The molecule has 0 saturated carbocycles. The van der Waals surface area contributed by atoms with Crippen LogP contribution in [0.25, 0.3) is 0 Å². The number of hydrogen-bond donors (Lipinski definition) is 1. The first-order valence-corrected chi connectivity index (χ1v) is 2.99. The lowest BCUT2D eigenvalue weighted by Crippen LogP contribution is -2.01. The summed E-state index contributed by atoms with van der Waals surface area (Å²) in [6.45, 7) is 1.31. The molecule has 3 heteroatoms. The number of amides is 1. The highest BCUT2D eigenvalue weighted by molar-refractivity contribution is 5.85. The molecule has 0 aliphatic carbocycles. The minimum atomic E-state index is -0.333. The van der Waals surface area contributed by atoms with Crippen molar-refractivity contribution in [3.8, 4) is 0 Å². The highest BCUT2D eigenvalue weighted by Gasteiger charge is 1.61. The minimum Gasteiger partial charge on any atom is -0.370 e. The number of carbonyl (C=O) groups is 1. The van der Waals surface area contributed by atoms with Crippen molar-refractivity contribution >= 4 is 18.3 Å². The Bertz CT molecular complexity index is 146. The van der Waals surface area contributed by atoms with Crippen LogP contribution in [-0.2, 0) is 4.79 Å². The molecule has 0 heterocycles. The quantitative estimate of drug-likeness (QED) is 0.637. The molecule has 62 valence electrons. The second-order valence-electron chi connectivity index (χ2n) is 1.77. The molecule has 2 N–H and O–H groups in total. The van der Waals surface area contributed by atoms with E-state index in [1.165, 1.54) is 6.92 Å². The highest BCUT2D eigenvalue weighted by Crippen LogP contribution is 1.79. The van der Waals surface area contributed by atoms with Crippen molar-refractivity contribution in [2.45, 2.75) is 6.92 Å². The molecule has 0 atom stereocenters. The first kappa shape index (κ1) is 12.6. The lowest BCUT2D eigenvalue weighted by Gasteiger charge is -1.69. The fourth-order valence-corrected chi connectivity index (χ4v) is 0.385. The topological polar surface area (TPSA) is 43.1 Å². The summed E-state index contributed by atoms with van der Waals surface area (Å²) in [6.07, 6.45) is 0. The van der Waals surface area contributed by atoms with Crippen molar-refractivity contribution in [3.05, 3.63) is 36.4 Å². The van der Waals surface area contributed by atoms with Gasteiger partial charge in [0.2, 0.25) is 5.91 Å². The van der Waals surface area contributed by atoms with Gasteiger partial charge in [0.25, 0.3) is 0 Å². The average Bonchev–Trinajstić information content (AvgIpc) is 1.90. The van der Waals surface area contributed by atoms with Crippen LogP contribution in [0.1, 0.15) is 6.92 Å². The summed E-state index contributed by atoms with van der Waals surface area (Å²) >= 11 is 0. The van der Waals surface area contributed by atoms with E-state index in [1.807, 2.05) is 36.4 Å². The second-order valence-corrected chi connectivity index (χ2v) is 1.77. The van der Waals surface area contributed by atoms with E-state index < -0.39 is 0 Å². The second kappa shape index (κ2) is 8.98. The molecule has 0 saturated heterocycles. The molecular weight excluding hydrogens is 162 g/mol. The van der Waals surface area contributed by atoms with Gasteiger partial charge in [-0.15, -0.1) is 12.4 Å². The van der Waals surface area contributed by atoms with Gasteiger partial charge < -0.3 is 5.73 Å². The first-order valence-electron chi connectivity index (χ1n) is 2.99. The van der Waals surface area contributed by atoms with E-state index in [0.29, 0.717) is 0 Å². The number of carbonyl (C=O) groups excluding carboxylic acids is 1. The molecule has 11 heavy (non-hydrogen) atoms. The summed E-state index contributed by atoms with van der Waals surface area (Å²) in [4.78, 5) is 9.22. The molecule has 1 amide bonds. The van der Waals surface area contributed by atoms with Gasteiger partial charge >= 0.3 is 0 Å². The van der Waals surface area contributed by atoms with Crippen molar-refractivity contribution in [2.75, 3.05) is 0 Å². The SMILES string of the molecule is CC(N)=O.Cl.c1ccccc1. The van der Waals surface area contributed by atoms with E-state index in [4.69, 9.17) is 0 Å². The summed E-state index contributed by atoms with van der Waals surface area (Å²) in [5, 5.41) is 0. The molecular formula is C8H12ClNO. The molecule has 0 aromatic heterocycles. The van der Waals surface area contributed by atoms with Crippen LogP contribution in [0.2, 0.25) is 0 Å². The van der Waals surface area contributed by atoms with Gasteiger partial charge in [0, 0.05) is 6.92 Å².